The molecular formula is C16H20BrClFN5S. The van der Waals surface area contributed by atoms with Crippen LogP contribution in [-0.2, 0) is 0 Å². The predicted molar refractivity (Wildman–Crippen MR) is 105 cm³/mol. The van der Waals surface area contributed by atoms with Crippen molar-refractivity contribution in [2.75, 3.05) is 23.7 Å². The maximum atomic E-state index is 14.6. The average Bonchev–Trinajstić information content (AvgIpc) is 2.60. The van der Waals surface area contributed by atoms with E-state index in [0.29, 0.717) is 33.6 Å². The van der Waals surface area contributed by atoms with Gasteiger partial charge in [-0.15, -0.1) is 0 Å². The molecule has 136 valence electrons. The Morgan fingerprint density at radius 3 is 2.88 bits per heavy atom. The standard InChI is InChI=1S/C16H20BrClFN5S/c1-2-25-16-21-12-10(13(17)22-14(18)11(12)19)15(23-16)24-8-4-3-5-9(24)6-7-20/h9H,2-8,20H2,1H3. The molecule has 0 saturated carbocycles. The van der Waals surface area contributed by atoms with Gasteiger partial charge in [0.25, 0.3) is 0 Å². The van der Waals surface area contributed by atoms with Crippen molar-refractivity contribution in [3.05, 3.63) is 15.6 Å². The van der Waals surface area contributed by atoms with Gasteiger partial charge >= 0.3 is 0 Å². The summed E-state index contributed by atoms with van der Waals surface area (Å²) in [5.74, 6) is 0.918. The van der Waals surface area contributed by atoms with Gasteiger partial charge in [0, 0.05) is 12.6 Å². The molecule has 3 rings (SSSR count). The largest absolute Gasteiger partial charge is 0.353 e. The molecule has 3 heterocycles. The third-order valence-electron chi connectivity index (χ3n) is 4.33. The molecule has 0 bridgehead atoms. The minimum absolute atomic E-state index is 0.186. The highest BCUT2D eigenvalue weighted by atomic mass is 79.9. The van der Waals surface area contributed by atoms with Crippen molar-refractivity contribution in [3.63, 3.8) is 0 Å². The second-order valence-electron chi connectivity index (χ2n) is 5.91. The zero-order valence-electron chi connectivity index (χ0n) is 13.9. The van der Waals surface area contributed by atoms with E-state index in [1.54, 1.807) is 0 Å². The van der Waals surface area contributed by atoms with Crippen LogP contribution in [0.3, 0.4) is 0 Å². The molecule has 0 aromatic carbocycles. The molecule has 2 N–H and O–H groups in total. The number of rotatable bonds is 5. The molecule has 25 heavy (non-hydrogen) atoms. The van der Waals surface area contributed by atoms with Gasteiger partial charge in [0.2, 0.25) is 0 Å². The summed E-state index contributed by atoms with van der Waals surface area (Å²) in [7, 11) is 0. The summed E-state index contributed by atoms with van der Waals surface area (Å²) in [5.41, 5.74) is 6.01. The molecule has 0 aliphatic carbocycles. The number of hydrogen-bond donors (Lipinski definition) is 1. The van der Waals surface area contributed by atoms with E-state index < -0.39 is 5.82 Å². The Morgan fingerprint density at radius 1 is 1.36 bits per heavy atom. The number of piperidine rings is 1. The van der Waals surface area contributed by atoms with Gasteiger partial charge in [-0.25, -0.2) is 19.3 Å². The van der Waals surface area contributed by atoms with Crippen molar-refractivity contribution < 1.29 is 4.39 Å². The molecule has 1 saturated heterocycles. The molecule has 2 aromatic rings. The Morgan fingerprint density at radius 2 is 2.16 bits per heavy atom. The van der Waals surface area contributed by atoms with Crippen molar-refractivity contribution in [2.45, 2.75) is 43.8 Å². The highest BCUT2D eigenvalue weighted by molar-refractivity contribution is 9.10. The number of anilines is 1. The molecule has 0 amide bonds. The van der Waals surface area contributed by atoms with Gasteiger partial charge in [-0.1, -0.05) is 30.3 Å². The van der Waals surface area contributed by atoms with Gasteiger partial charge in [0.05, 0.1) is 5.39 Å². The zero-order chi connectivity index (χ0) is 18.0. The third kappa shape index (κ3) is 3.86. The van der Waals surface area contributed by atoms with E-state index >= 15 is 0 Å². The first-order chi connectivity index (χ1) is 12.1. The molecule has 9 heteroatoms. The topological polar surface area (TPSA) is 67.9 Å². The first-order valence-corrected chi connectivity index (χ1v) is 10.5. The molecule has 5 nitrogen and oxygen atoms in total. The lowest BCUT2D eigenvalue weighted by Crippen LogP contribution is -2.41. The molecule has 0 spiro atoms. The fraction of sp³-hybridized carbons (Fsp3) is 0.562. The van der Waals surface area contributed by atoms with Gasteiger partial charge < -0.3 is 10.6 Å². The Labute approximate surface area is 164 Å². The second-order valence-corrected chi connectivity index (χ2v) is 8.25. The molecule has 1 aliphatic heterocycles. The summed E-state index contributed by atoms with van der Waals surface area (Å²) in [6, 6.07) is 0.293. The fourth-order valence-electron chi connectivity index (χ4n) is 3.24. The summed E-state index contributed by atoms with van der Waals surface area (Å²) in [5, 5.41) is 0.940. The Balaban J connectivity index is 2.22. The smallest absolute Gasteiger partial charge is 0.190 e. The van der Waals surface area contributed by atoms with E-state index in [9.17, 15) is 4.39 Å². The van der Waals surface area contributed by atoms with Crippen molar-refractivity contribution in [2.24, 2.45) is 5.73 Å². The van der Waals surface area contributed by atoms with E-state index in [0.717, 1.165) is 31.6 Å². The monoisotopic (exact) mass is 447 g/mol. The molecule has 1 aliphatic rings. The number of halogens is 3. The van der Waals surface area contributed by atoms with Crippen LogP contribution in [0.2, 0.25) is 5.15 Å². The number of fused-ring (bicyclic) bond motifs is 1. The summed E-state index contributed by atoms with van der Waals surface area (Å²) < 4.78 is 15.1. The van der Waals surface area contributed by atoms with Crippen LogP contribution >= 0.6 is 39.3 Å². The van der Waals surface area contributed by atoms with Crippen LogP contribution in [0.1, 0.15) is 32.6 Å². The van der Waals surface area contributed by atoms with Crippen LogP contribution in [0.15, 0.2) is 9.76 Å². The van der Waals surface area contributed by atoms with Gasteiger partial charge in [0.15, 0.2) is 16.1 Å². The molecule has 1 atom stereocenters. The van der Waals surface area contributed by atoms with E-state index in [2.05, 4.69) is 30.8 Å². The van der Waals surface area contributed by atoms with Gasteiger partial charge in [-0.05, 0) is 53.9 Å². The van der Waals surface area contributed by atoms with Crippen LogP contribution in [0.5, 0.6) is 0 Å². The van der Waals surface area contributed by atoms with E-state index in [-0.39, 0.29) is 10.7 Å². The van der Waals surface area contributed by atoms with Crippen LogP contribution in [0.25, 0.3) is 10.9 Å². The molecule has 0 radical (unpaired) electrons. The van der Waals surface area contributed by atoms with Gasteiger partial charge in [-0.3, -0.25) is 0 Å². The van der Waals surface area contributed by atoms with Gasteiger partial charge in [0.1, 0.15) is 15.9 Å². The van der Waals surface area contributed by atoms with Crippen LogP contribution in [0.4, 0.5) is 10.2 Å². The lowest BCUT2D eigenvalue weighted by molar-refractivity contribution is 0.439. The highest BCUT2D eigenvalue weighted by Crippen LogP contribution is 2.37. The zero-order valence-corrected chi connectivity index (χ0v) is 17.1. The Bertz CT molecular complexity index is 776. The lowest BCUT2D eigenvalue weighted by atomic mass is 9.99. The summed E-state index contributed by atoms with van der Waals surface area (Å²) in [6.07, 6.45) is 4.17. The first-order valence-electron chi connectivity index (χ1n) is 8.38. The summed E-state index contributed by atoms with van der Waals surface area (Å²) in [4.78, 5) is 15.4. The minimum Gasteiger partial charge on any atom is -0.353 e. The summed E-state index contributed by atoms with van der Waals surface area (Å²) >= 11 is 10.8. The van der Waals surface area contributed by atoms with Crippen molar-refractivity contribution in [1.82, 2.24) is 15.0 Å². The SMILES string of the molecule is CCSc1nc(N2CCCCC2CCN)c2c(Br)nc(Cl)c(F)c2n1. The van der Waals surface area contributed by atoms with E-state index in [1.165, 1.54) is 18.2 Å². The fourth-order valence-corrected chi connectivity index (χ4v) is 4.62. The second kappa shape index (κ2) is 8.33. The van der Waals surface area contributed by atoms with Crippen LogP contribution in [-0.4, -0.2) is 39.8 Å². The lowest BCUT2D eigenvalue weighted by Gasteiger charge is -2.37. The molecule has 2 aromatic heterocycles. The van der Waals surface area contributed by atoms with Crippen molar-refractivity contribution in [3.8, 4) is 0 Å². The van der Waals surface area contributed by atoms with E-state index in [1.807, 2.05) is 6.92 Å². The van der Waals surface area contributed by atoms with Crippen molar-refractivity contribution >= 4 is 56.0 Å². The predicted octanol–water partition coefficient (Wildman–Crippen LogP) is 4.40. The number of aromatic nitrogens is 3. The first kappa shape index (κ1) is 19.1. The number of hydrogen-bond acceptors (Lipinski definition) is 6. The van der Waals surface area contributed by atoms with Crippen molar-refractivity contribution in [1.29, 1.82) is 0 Å². The minimum atomic E-state index is -0.603. The maximum Gasteiger partial charge on any atom is 0.190 e. The van der Waals surface area contributed by atoms with Crippen LogP contribution in [0, 0.1) is 5.82 Å². The summed E-state index contributed by atoms with van der Waals surface area (Å²) in [6.45, 7) is 3.49. The Kier molecular flexibility index (Phi) is 6.35. The quantitative estimate of drug-likeness (QED) is 0.415. The van der Waals surface area contributed by atoms with Gasteiger partial charge in [-0.2, -0.15) is 0 Å². The maximum absolute atomic E-state index is 14.6. The number of thioether (sulfide) groups is 1. The highest BCUT2D eigenvalue weighted by Gasteiger charge is 2.28. The number of nitrogens with two attached hydrogens (primary N) is 1. The average molecular weight is 449 g/mol. The molecule has 1 unspecified atom stereocenters. The Hall–Kier alpha value is -0.700. The third-order valence-corrected chi connectivity index (χ3v) is 5.89. The number of pyridine rings is 1. The normalized spacial score (nSPS) is 18.1. The molecule has 1 fully saturated rings. The van der Waals surface area contributed by atoms with Crippen LogP contribution < -0.4 is 10.6 Å². The van der Waals surface area contributed by atoms with E-state index in [4.69, 9.17) is 22.3 Å². The molecular weight excluding hydrogens is 429 g/mol. The number of nitrogens with zero attached hydrogens (tertiary/aromatic N) is 4.